The Hall–Kier alpha value is -1.84. The number of amides is 2. The van der Waals surface area contributed by atoms with Crippen LogP contribution in [0.4, 0.5) is 18.0 Å². The molecule has 1 aromatic heterocycles. The second-order valence-electron chi connectivity index (χ2n) is 6.96. The number of urea groups is 1. The van der Waals surface area contributed by atoms with E-state index in [0.29, 0.717) is 5.82 Å². The molecule has 2 unspecified atom stereocenters. The van der Waals surface area contributed by atoms with Gasteiger partial charge in [0.05, 0.1) is 13.2 Å². The van der Waals surface area contributed by atoms with E-state index in [1.807, 2.05) is 0 Å². The molecular formula is C14H22F3N5O2. The van der Waals surface area contributed by atoms with Crippen LogP contribution in [0.2, 0.25) is 0 Å². The molecule has 0 spiro atoms. The van der Waals surface area contributed by atoms with Gasteiger partial charge in [0.1, 0.15) is 24.2 Å². The van der Waals surface area contributed by atoms with Crippen molar-refractivity contribution in [1.82, 2.24) is 25.4 Å². The molecule has 2 atom stereocenters. The van der Waals surface area contributed by atoms with Gasteiger partial charge in [0.15, 0.2) is 0 Å². The van der Waals surface area contributed by atoms with E-state index in [1.54, 1.807) is 20.8 Å². The van der Waals surface area contributed by atoms with Crippen LogP contribution in [0.15, 0.2) is 6.33 Å². The van der Waals surface area contributed by atoms with Crippen molar-refractivity contribution >= 4 is 6.03 Å². The lowest BCUT2D eigenvalue weighted by Gasteiger charge is -2.36. The van der Waals surface area contributed by atoms with Gasteiger partial charge >= 0.3 is 12.2 Å². The van der Waals surface area contributed by atoms with Crippen LogP contribution < -0.4 is 5.32 Å². The molecule has 7 nitrogen and oxygen atoms in total. The maximum absolute atomic E-state index is 13.3. The van der Waals surface area contributed by atoms with Gasteiger partial charge in [-0.15, -0.1) is 0 Å². The topological polar surface area (TPSA) is 83.1 Å². The monoisotopic (exact) mass is 349 g/mol. The molecule has 1 aliphatic heterocycles. The second-order valence-corrected chi connectivity index (χ2v) is 6.96. The highest BCUT2D eigenvalue weighted by Gasteiger charge is 2.44. The van der Waals surface area contributed by atoms with Gasteiger partial charge in [0.2, 0.25) is 0 Å². The SMILES string of the molecule is CC(C)(C)CC(NC(=O)N1CCOCC1c1ncn[nH]1)C(F)(F)F. The molecule has 2 rings (SSSR count). The maximum atomic E-state index is 13.3. The number of nitrogens with zero attached hydrogens (tertiary/aromatic N) is 3. The van der Waals surface area contributed by atoms with E-state index in [0.717, 1.165) is 0 Å². The summed E-state index contributed by atoms with van der Waals surface area (Å²) in [5, 5.41) is 8.46. The summed E-state index contributed by atoms with van der Waals surface area (Å²) >= 11 is 0. The minimum absolute atomic E-state index is 0.151. The number of ether oxygens (including phenoxy) is 1. The van der Waals surface area contributed by atoms with Crippen molar-refractivity contribution in [1.29, 1.82) is 0 Å². The fourth-order valence-electron chi connectivity index (χ4n) is 2.54. The molecule has 1 aliphatic rings. The molecule has 0 aliphatic carbocycles. The summed E-state index contributed by atoms with van der Waals surface area (Å²) in [5.74, 6) is 0.379. The molecule has 0 radical (unpaired) electrons. The first kappa shape index (κ1) is 18.5. The molecule has 24 heavy (non-hydrogen) atoms. The molecule has 1 saturated heterocycles. The summed E-state index contributed by atoms with van der Waals surface area (Å²) in [5.41, 5.74) is -0.581. The Morgan fingerprint density at radius 1 is 1.50 bits per heavy atom. The fraction of sp³-hybridized carbons (Fsp3) is 0.786. The third-order valence-corrected chi connectivity index (χ3v) is 3.65. The zero-order valence-electron chi connectivity index (χ0n) is 13.9. The van der Waals surface area contributed by atoms with Crippen molar-refractivity contribution < 1.29 is 22.7 Å². The van der Waals surface area contributed by atoms with Crippen LogP contribution >= 0.6 is 0 Å². The Kier molecular flexibility index (Phi) is 5.36. The van der Waals surface area contributed by atoms with E-state index < -0.39 is 29.7 Å². The summed E-state index contributed by atoms with van der Waals surface area (Å²) in [7, 11) is 0. The molecule has 2 heterocycles. The Bertz CT molecular complexity index is 542. The van der Waals surface area contributed by atoms with Gasteiger partial charge in [-0.1, -0.05) is 20.8 Å². The number of alkyl halides is 3. The van der Waals surface area contributed by atoms with Gasteiger partial charge in [0, 0.05) is 6.54 Å². The number of carbonyl (C=O) groups is 1. The van der Waals surface area contributed by atoms with Gasteiger partial charge in [-0.25, -0.2) is 9.78 Å². The molecule has 10 heteroatoms. The number of aromatic nitrogens is 3. The second kappa shape index (κ2) is 6.96. The van der Waals surface area contributed by atoms with Gasteiger partial charge in [-0.3, -0.25) is 5.10 Å². The van der Waals surface area contributed by atoms with E-state index in [2.05, 4.69) is 20.5 Å². The van der Waals surface area contributed by atoms with Crippen molar-refractivity contribution in [2.24, 2.45) is 5.41 Å². The molecular weight excluding hydrogens is 327 g/mol. The van der Waals surface area contributed by atoms with Crippen LogP contribution in [-0.4, -0.2) is 58.1 Å². The largest absolute Gasteiger partial charge is 0.408 e. The lowest BCUT2D eigenvalue weighted by molar-refractivity contribution is -0.160. The highest BCUT2D eigenvalue weighted by Crippen LogP contribution is 2.31. The van der Waals surface area contributed by atoms with Gasteiger partial charge < -0.3 is 15.0 Å². The third-order valence-electron chi connectivity index (χ3n) is 3.65. The lowest BCUT2D eigenvalue weighted by atomic mass is 9.88. The number of nitrogens with one attached hydrogen (secondary N) is 2. The molecule has 2 amide bonds. The van der Waals surface area contributed by atoms with E-state index >= 15 is 0 Å². The van der Waals surface area contributed by atoms with Crippen molar-refractivity contribution in [3.63, 3.8) is 0 Å². The Morgan fingerprint density at radius 3 is 2.75 bits per heavy atom. The minimum atomic E-state index is -4.52. The number of H-pyrrole nitrogens is 1. The highest BCUT2D eigenvalue weighted by atomic mass is 19.4. The molecule has 2 N–H and O–H groups in total. The summed E-state index contributed by atoms with van der Waals surface area (Å²) in [6.45, 7) is 5.68. The number of morpholine rings is 1. The Morgan fingerprint density at radius 2 is 2.21 bits per heavy atom. The van der Waals surface area contributed by atoms with Crippen LogP contribution in [-0.2, 0) is 4.74 Å². The first-order valence-electron chi connectivity index (χ1n) is 7.65. The van der Waals surface area contributed by atoms with Crippen molar-refractivity contribution in [3.05, 3.63) is 12.2 Å². The average Bonchev–Trinajstić information content (AvgIpc) is 2.98. The average molecular weight is 349 g/mol. The zero-order chi connectivity index (χ0) is 18.0. The number of rotatable bonds is 3. The maximum Gasteiger partial charge on any atom is 0.408 e. The van der Waals surface area contributed by atoms with Crippen molar-refractivity contribution in [3.8, 4) is 0 Å². The number of halogens is 3. The summed E-state index contributed by atoms with van der Waals surface area (Å²) in [6.07, 6.45) is -3.45. The molecule has 136 valence electrons. The van der Waals surface area contributed by atoms with Crippen LogP contribution in [0.25, 0.3) is 0 Å². The van der Waals surface area contributed by atoms with Gasteiger partial charge in [-0.2, -0.15) is 18.3 Å². The molecule has 0 aromatic carbocycles. The first-order valence-corrected chi connectivity index (χ1v) is 7.65. The van der Waals surface area contributed by atoms with E-state index in [4.69, 9.17) is 4.74 Å². The number of carbonyl (C=O) groups excluding carboxylic acids is 1. The van der Waals surface area contributed by atoms with Crippen LogP contribution in [0, 0.1) is 5.41 Å². The Labute approximate surface area is 138 Å². The quantitative estimate of drug-likeness (QED) is 0.877. The van der Waals surface area contributed by atoms with Crippen molar-refractivity contribution in [2.45, 2.75) is 45.5 Å². The van der Waals surface area contributed by atoms with E-state index in [-0.39, 0.29) is 26.2 Å². The number of aromatic amines is 1. The summed E-state index contributed by atoms with van der Waals surface area (Å²) in [6, 6.07) is -3.29. The highest BCUT2D eigenvalue weighted by molar-refractivity contribution is 5.75. The standard InChI is InChI=1S/C14H22F3N5O2/c1-13(2,3)6-10(14(15,16)17)20-12(23)22-4-5-24-7-9(22)11-18-8-19-21-11/h8-10H,4-7H2,1-3H3,(H,20,23)(H,18,19,21). The molecule has 0 saturated carbocycles. The number of hydrogen-bond donors (Lipinski definition) is 2. The summed E-state index contributed by atoms with van der Waals surface area (Å²) < 4.78 is 45.1. The van der Waals surface area contributed by atoms with E-state index in [9.17, 15) is 18.0 Å². The van der Waals surface area contributed by atoms with Gasteiger partial charge in [-0.05, 0) is 11.8 Å². The predicted octanol–water partition coefficient (Wildman–Crippen LogP) is 2.25. The molecule has 1 fully saturated rings. The lowest BCUT2D eigenvalue weighted by Crippen LogP contribution is -2.55. The molecule has 0 bridgehead atoms. The normalized spacial score (nSPS) is 20.8. The van der Waals surface area contributed by atoms with Crippen LogP contribution in [0.3, 0.4) is 0 Å². The smallest absolute Gasteiger partial charge is 0.377 e. The summed E-state index contributed by atoms with van der Waals surface area (Å²) in [4.78, 5) is 17.7. The van der Waals surface area contributed by atoms with Crippen molar-refractivity contribution in [2.75, 3.05) is 19.8 Å². The van der Waals surface area contributed by atoms with Gasteiger partial charge in [0.25, 0.3) is 0 Å². The predicted molar refractivity (Wildman–Crippen MR) is 79.1 cm³/mol. The van der Waals surface area contributed by atoms with Crippen LogP contribution in [0.5, 0.6) is 0 Å². The minimum Gasteiger partial charge on any atom is -0.377 e. The van der Waals surface area contributed by atoms with Crippen LogP contribution in [0.1, 0.15) is 39.1 Å². The van der Waals surface area contributed by atoms with E-state index in [1.165, 1.54) is 11.2 Å². The number of hydrogen-bond acceptors (Lipinski definition) is 4. The Balaban J connectivity index is 2.12. The fourth-order valence-corrected chi connectivity index (χ4v) is 2.54. The zero-order valence-corrected chi connectivity index (χ0v) is 13.9. The third kappa shape index (κ3) is 4.83. The first-order chi connectivity index (χ1) is 11.1. The molecule has 1 aromatic rings.